The van der Waals surface area contributed by atoms with E-state index in [2.05, 4.69) is 24.9 Å². The van der Waals surface area contributed by atoms with Crippen LogP contribution in [0.15, 0.2) is 116 Å². The van der Waals surface area contributed by atoms with Crippen molar-refractivity contribution in [2.75, 3.05) is 12.0 Å². The molecule has 0 radical (unpaired) electrons. The van der Waals surface area contributed by atoms with E-state index in [1.807, 2.05) is 97.3 Å². The molecule has 8 nitrogen and oxygen atoms in total. The number of nitrogens with zero attached hydrogens (tertiary/aromatic N) is 5. The van der Waals surface area contributed by atoms with E-state index in [0.29, 0.717) is 12.2 Å². The van der Waals surface area contributed by atoms with Crippen LogP contribution in [0.5, 0.6) is 0 Å². The van der Waals surface area contributed by atoms with Crippen LogP contribution in [-0.2, 0) is 24.3 Å². The second-order valence-electron chi connectivity index (χ2n) is 7.92. The van der Waals surface area contributed by atoms with Gasteiger partial charge in [-0.15, -0.1) is 0 Å². The van der Waals surface area contributed by atoms with Crippen molar-refractivity contribution in [3.63, 3.8) is 0 Å². The molecule has 0 aliphatic rings. The molecule has 204 valence electrons. The maximum atomic E-state index is 9.90. The van der Waals surface area contributed by atoms with Crippen LogP contribution in [0.4, 0.5) is 0 Å². The van der Waals surface area contributed by atoms with Crippen molar-refractivity contribution in [3.05, 3.63) is 122 Å². The van der Waals surface area contributed by atoms with Gasteiger partial charge in [-0.3, -0.25) is 19.9 Å². The number of aliphatic carboxylic acids is 1. The number of rotatable bonds is 7. The molecule has 5 rings (SSSR count). The fraction of sp³-hybridized carbons (Fsp3) is 0.133. The van der Waals surface area contributed by atoms with Crippen molar-refractivity contribution in [2.24, 2.45) is 0 Å². The van der Waals surface area contributed by atoms with Gasteiger partial charge in [0.25, 0.3) is 0 Å². The number of carboxylic acids is 1. The summed E-state index contributed by atoms with van der Waals surface area (Å²) in [4.78, 5) is 31.5. The third-order valence-corrected chi connectivity index (χ3v) is 5.74. The largest absolute Gasteiger partial charge is 2.00 e. The minimum Gasteiger partial charge on any atom is -0.670 e. The number of hydrogen-bond acceptors (Lipinski definition) is 8. The molecule has 0 amide bonds. The van der Waals surface area contributed by atoms with E-state index < -0.39 is 12.0 Å². The Morgan fingerprint density at radius 3 is 1.32 bits per heavy atom. The van der Waals surface area contributed by atoms with Crippen molar-refractivity contribution < 1.29 is 29.4 Å². The maximum Gasteiger partial charge on any atom is 2.00 e. The van der Waals surface area contributed by atoms with Crippen LogP contribution in [-0.4, -0.2) is 48.9 Å². The third kappa shape index (κ3) is 11.1. The van der Waals surface area contributed by atoms with E-state index >= 15 is 0 Å². The Labute approximate surface area is 251 Å². The molecule has 10 heteroatoms. The molecular weight excluding hydrogens is 610 g/mol. The third-order valence-electron chi connectivity index (χ3n) is 5.09. The predicted octanol–water partition coefficient (Wildman–Crippen LogP) is 5.26. The summed E-state index contributed by atoms with van der Waals surface area (Å²) in [6.45, 7) is 0. The van der Waals surface area contributed by atoms with Crippen LogP contribution < -0.4 is 5.11 Å². The van der Waals surface area contributed by atoms with Crippen LogP contribution >= 0.6 is 11.8 Å². The van der Waals surface area contributed by atoms with Crippen LogP contribution in [0.2, 0.25) is 0 Å². The number of carboxylic acid groups (broad SMARTS) is 1. The summed E-state index contributed by atoms with van der Waals surface area (Å²) in [7, 11) is 0. The van der Waals surface area contributed by atoms with E-state index in [9.17, 15) is 9.90 Å². The molecule has 5 heterocycles. The maximum absolute atomic E-state index is 9.90. The Hall–Kier alpha value is -3.85. The Balaban J connectivity index is 0.000000223. The van der Waals surface area contributed by atoms with Gasteiger partial charge < -0.3 is 15.6 Å². The van der Waals surface area contributed by atoms with Crippen molar-refractivity contribution in [1.82, 2.24) is 24.9 Å². The van der Waals surface area contributed by atoms with E-state index in [1.54, 1.807) is 24.8 Å². The summed E-state index contributed by atoms with van der Waals surface area (Å²) >= 11 is 1.54. The van der Waals surface area contributed by atoms with Crippen molar-refractivity contribution in [3.8, 4) is 34.2 Å². The second kappa shape index (κ2) is 18.4. The zero-order valence-corrected chi connectivity index (χ0v) is 24.3. The summed E-state index contributed by atoms with van der Waals surface area (Å²) in [5.41, 5.74) is 12.1. The number of carbonyl (C=O) groups excluding carboxylic acids is 1. The van der Waals surface area contributed by atoms with Crippen molar-refractivity contribution >= 4 is 17.7 Å². The topological polar surface area (TPSA) is 128 Å². The summed E-state index contributed by atoms with van der Waals surface area (Å²) in [5, 5.41) is 9.90. The number of hydrogen-bond donors (Lipinski definition) is 0. The molecule has 0 bridgehead atoms. The Morgan fingerprint density at radius 1 is 0.675 bits per heavy atom. The van der Waals surface area contributed by atoms with E-state index in [1.165, 1.54) is 11.8 Å². The predicted molar refractivity (Wildman–Crippen MR) is 154 cm³/mol. The summed E-state index contributed by atoms with van der Waals surface area (Å²) < 4.78 is 0. The van der Waals surface area contributed by atoms with Gasteiger partial charge in [-0.2, -0.15) is 11.8 Å². The van der Waals surface area contributed by atoms with E-state index in [-0.39, 0.29) is 19.5 Å². The molecule has 40 heavy (non-hydrogen) atoms. The number of nitrogens with one attached hydrogen (secondary N) is 1. The molecule has 5 aromatic heterocycles. The normalized spacial score (nSPS) is 10.4. The second-order valence-corrected chi connectivity index (χ2v) is 8.91. The van der Waals surface area contributed by atoms with Gasteiger partial charge in [0.2, 0.25) is 0 Å². The van der Waals surface area contributed by atoms with Crippen molar-refractivity contribution in [1.29, 1.82) is 0 Å². The van der Waals surface area contributed by atoms with Gasteiger partial charge in [-0.05, 0) is 72.7 Å². The molecule has 0 spiro atoms. The van der Waals surface area contributed by atoms with Gasteiger partial charge in [-0.1, -0.05) is 42.8 Å². The molecular formula is C30H28N6O2RuS. The number of carbonyl (C=O) groups is 1. The Morgan fingerprint density at radius 2 is 1.02 bits per heavy atom. The molecule has 0 saturated carbocycles. The van der Waals surface area contributed by atoms with Crippen LogP contribution in [0.25, 0.3) is 39.9 Å². The fourth-order valence-corrected chi connectivity index (χ4v) is 3.60. The summed E-state index contributed by atoms with van der Waals surface area (Å²) in [6.07, 6.45) is 9.33. The quantitative estimate of drug-likeness (QED) is 0.221. The van der Waals surface area contributed by atoms with Gasteiger partial charge in [0.05, 0.1) is 34.2 Å². The number of pyridine rings is 5. The molecule has 5 aromatic rings. The Kier molecular flexibility index (Phi) is 14.9. The zero-order chi connectivity index (χ0) is 27.7. The number of aromatic nitrogens is 5. The molecule has 1 unspecified atom stereocenters. The fourth-order valence-electron chi connectivity index (χ4n) is 3.13. The first-order valence-electron chi connectivity index (χ1n) is 12.1. The molecule has 0 aliphatic heterocycles. The average molecular weight is 638 g/mol. The van der Waals surface area contributed by atoms with E-state index in [0.717, 1.165) is 34.2 Å². The van der Waals surface area contributed by atoms with Gasteiger partial charge in [0, 0.05) is 30.8 Å². The van der Waals surface area contributed by atoms with Crippen LogP contribution in [0, 0.1) is 0 Å². The van der Waals surface area contributed by atoms with Crippen molar-refractivity contribution in [2.45, 2.75) is 12.5 Å². The minimum absolute atomic E-state index is 0. The molecule has 0 saturated heterocycles. The van der Waals surface area contributed by atoms with Gasteiger partial charge in [0.1, 0.15) is 0 Å². The molecule has 0 aliphatic carbocycles. The summed E-state index contributed by atoms with van der Waals surface area (Å²) in [6, 6.07) is 28.0. The Bertz CT molecular complexity index is 1290. The standard InChI is InChI=1S/C15H11N3.C10H8N2.C5H10NO2S.Ru/c1-3-10-16-12(6-1)14-8-5-9-15(18-14)13-7-2-4-11-17-13;1-3-7-11-9(5-1)10-6-2-4-8-12-10;1-9-3-2-4(6)5(7)8;/h1-11H;1-8H;4,6H,2-3H2,1H3,(H,7,8);/q;;-1;+2/p-1. The molecule has 0 aromatic carbocycles. The first-order chi connectivity index (χ1) is 19.1. The smallest absolute Gasteiger partial charge is 0.670 e. The van der Waals surface area contributed by atoms with Gasteiger partial charge in [0.15, 0.2) is 0 Å². The van der Waals surface area contributed by atoms with Gasteiger partial charge in [-0.25, -0.2) is 4.98 Å². The van der Waals surface area contributed by atoms with Crippen LogP contribution in [0.3, 0.4) is 0 Å². The van der Waals surface area contributed by atoms with E-state index in [4.69, 9.17) is 5.73 Å². The molecule has 0 fully saturated rings. The monoisotopic (exact) mass is 638 g/mol. The minimum atomic E-state index is -1.27. The molecule has 1 N–H and O–H groups in total. The first kappa shape index (κ1) is 32.4. The number of thioether (sulfide) groups is 1. The average Bonchev–Trinajstić information content (AvgIpc) is 3.02. The van der Waals surface area contributed by atoms with Gasteiger partial charge >= 0.3 is 19.5 Å². The van der Waals surface area contributed by atoms with Crippen LogP contribution in [0.1, 0.15) is 6.42 Å². The SMILES string of the molecule is CSCCC([NH-])C(=O)[O-].[Ru+2].c1ccc(-c2cccc(-c3ccccn3)n2)nc1.c1ccc(-c2ccccn2)nc1. The zero-order valence-electron chi connectivity index (χ0n) is 21.8. The summed E-state index contributed by atoms with van der Waals surface area (Å²) in [5.74, 6) is -0.564. The molecule has 1 atom stereocenters. The first-order valence-corrected chi connectivity index (χ1v) is 13.5.